The Balaban J connectivity index is 0.00000162. The van der Waals surface area contributed by atoms with E-state index in [-0.39, 0.29) is 12.4 Å². The van der Waals surface area contributed by atoms with Crippen LogP contribution in [0, 0.1) is 6.92 Å². The summed E-state index contributed by atoms with van der Waals surface area (Å²) in [7, 11) is 0. The van der Waals surface area contributed by atoms with Crippen LogP contribution in [0.2, 0.25) is 0 Å². The third-order valence-corrected chi connectivity index (χ3v) is 3.42. The molecule has 0 unspecified atom stereocenters. The number of hydrogen-bond acceptors (Lipinski definition) is 1. The summed E-state index contributed by atoms with van der Waals surface area (Å²) in [6.45, 7) is 4.26. The molecular formula is C16H23ClN-. The van der Waals surface area contributed by atoms with Crippen molar-refractivity contribution in [1.29, 1.82) is 0 Å². The minimum absolute atomic E-state index is 0. The van der Waals surface area contributed by atoms with Gasteiger partial charge in [0.05, 0.1) is 0 Å². The SMILES string of the molecule is Cc1cccc(CNCCC2=CCCCC2)c1.[Cl-]. The number of nitrogens with one attached hydrogen (secondary N) is 1. The molecule has 1 aliphatic carbocycles. The first kappa shape index (κ1) is 15.3. The Kier molecular flexibility index (Phi) is 7.07. The summed E-state index contributed by atoms with van der Waals surface area (Å²) in [5.74, 6) is 0. The van der Waals surface area contributed by atoms with Crippen molar-refractivity contribution in [3.8, 4) is 0 Å². The molecule has 2 rings (SSSR count). The maximum atomic E-state index is 3.54. The van der Waals surface area contributed by atoms with Crippen LogP contribution in [0.5, 0.6) is 0 Å². The lowest BCUT2D eigenvalue weighted by Crippen LogP contribution is -3.00. The lowest BCUT2D eigenvalue weighted by molar-refractivity contribution is -0.00000365. The minimum atomic E-state index is 0. The van der Waals surface area contributed by atoms with E-state index < -0.39 is 0 Å². The van der Waals surface area contributed by atoms with Gasteiger partial charge in [0.15, 0.2) is 0 Å². The van der Waals surface area contributed by atoms with Gasteiger partial charge in [-0.2, -0.15) is 0 Å². The van der Waals surface area contributed by atoms with Gasteiger partial charge in [-0.1, -0.05) is 41.5 Å². The molecule has 18 heavy (non-hydrogen) atoms. The minimum Gasteiger partial charge on any atom is -1.00 e. The number of benzene rings is 1. The summed E-state index contributed by atoms with van der Waals surface area (Å²) in [5.41, 5.74) is 4.40. The molecule has 0 fully saturated rings. The highest BCUT2D eigenvalue weighted by Gasteiger charge is 2.02. The number of halogens is 1. The molecule has 100 valence electrons. The molecule has 0 bridgehead atoms. The molecule has 0 heterocycles. The average molecular weight is 265 g/mol. The van der Waals surface area contributed by atoms with Crippen molar-refractivity contribution in [1.82, 2.24) is 5.32 Å². The highest BCUT2D eigenvalue weighted by molar-refractivity contribution is 5.21. The van der Waals surface area contributed by atoms with Gasteiger partial charge < -0.3 is 17.7 Å². The van der Waals surface area contributed by atoms with Gasteiger partial charge in [-0.05, 0) is 51.1 Å². The molecule has 1 nitrogen and oxygen atoms in total. The molecule has 1 aromatic carbocycles. The average Bonchev–Trinajstić information content (AvgIpc) is 2.36. The van der Waals surface area contributed by atoms with Gasteiger partial charge in [0.2, 0.25) is 0 Å². The Morgan fingerprint density at radius 1 is 1.22 bits per heavy atom. The van der Waals surface area contributed by atoms with Crippen molar-refractivity contribution in [3.05, 3.63) is 47.0 Å². The van der Waals surface area contributed by atoms with E-state index in [1.165, 1.54) is 43.2 Å². The zero-order chi connectivity index (χ0) is 11.9. The second kappa shape index (κ2) is 8.34. The van der Waals surface area contributed by atoms with Crippen LogP contribution in [0.4, 0.5) is 0 Å². The molecule has 0 radical (unpaired) electrons. The van der Waals surface area contributed by atoms with Crippen molar-refractivity contribution in [2.24, 2.45) is 0 Å². The van der Waals surface area contributed by atoms with Crippen LogP contribution in [0.25, 0.3) is 0 Å². The summed E-state index contributed by atoms with van der Waals surface area (Å²) < 4.78 is 0. The molecule has 0 saturated carbocycles. The Bertz CT molecular complexity index is 384. The highest BCUT2D eigenvalue weighted by atomic mass is 35.5. The van der Waals surface area contributed by atoms with Crippen molar-refractivity contribution in [3.63, 3.8) is 0 Å². The Hall–Kier alpha value is -0.790. The third-order valence-electron chi connectivity index (χ3n) is 3.42. The van der Waals surface area contributed by atoms with E-state index in [0.29, 0.717) is 0 Å². The molecule has 0 atom stereocenters. The molecule has 0 amide bonds. The molecule has 0 aromatic heterocycles. The van der Waals surface area contributed by atoms with E-state index in [2.05, 4.69) is 42.6 Å². The van der Waals surface area contributed by atoms with E-state index in [9.17, 15) is 0 Å². The maximum Gasteiger partial charge on any atom is 0.0205 e. The van der Waals surface area contributed by atoms with Crippen LogP contribution in [-0.2, 0) is 6.54 Å². The van der Waals surface area contributed by atoms with Crippen molar-refractivity contribution in [2.45, 2.75) is 45.6 Å². The molecule has 2 heteroatoms. The topological polar surface area (TPSA) is 12.0 Å². The Morgan fingerprint density at radius 2 is 2.11 bits per heavy atom. The van der Waals surface area contributed by atoms with E-state index in [4.69, 9.17) is 0 Å². The van der Waals surface area contributed by atoms with E-state index in [0.717, 1.165) is 13.1 Å². The summed E-state index contributed by atoms with van der Waals surface area (Å²) in [4.78, 5) is 0. The lowest BCUT2D eigenvalue weighted by Gasteiger charge is -2.13. The van der Waals surface area contributed by atoms with Crippen molar-refractivity contribution >= 4 is 0 Å². The van der Waals surface area contributed by atoms with Gasteiger partial charge in [-0.25, -0.2) is 0 Å². The van der Waals surface area contributed by atoms with Crippen LogP contribution in [0.3, 0.4) is 0 Å². The fraction of sp³-hybridized carbons (Fsp3) is 0.500. The Labute approximate surface area is 117 Å². The number of rotatable bonds is 5. The summed E-state index contributed by atoms with van der Waals surface area (Å²) in [5, 5.41) is 3.54. The third kappa shape index (κ3) is 5.24. The monoisotopic (exact) mass is 264 g/mol. The van der Waals surface area contributed by atoms with Crippen LogP contribution >= 0.6 is 0 Å². The van der Waals surface area contributed by atoms with Gasteiger partial charge in [-0.3, -0.25) is 0 Å². The molecule has 1 N–H and O–H groups in total. The van der Waals surface area contributed by atoms with Crippen LogP contribution < -0.4 is 17.7 Å². The molecule has 0 spiro atoms. The number of allylic oxidation sites excluding steroid dienone is 1. The van der Waals surface area contributed by atoms with Gasteiger partial charge in [-0.15, -0.1) is 0 Å². The Morgan fingerprint density at radius 3 is 2.83 bits per heavy atom. The molecule has 1 aromatic rings. The molecular weight excluding hydrogens is 242 g/mol. The summed E-state index contributed by atoms with van der Waals surface area (Å²) in [6.07, 6.45) is 9.08. The molecule has 0 aliphatic heterocycles. The second-order valence-electron chi connectivity index (χ2n) is 5.02. The van der Waals surface area contributed by atoms with Gasteiger partial charge in [0.1, 0.15) is 0 Å². The van der Waals surface area contributed by atoms with E-state index >= 15 is 0 Å². The first-order valence-corrected chi connectivity index (χ1v) is 6.79. The second-order valence-corrected chi connectivity index (χ2v) is 5.02. The predicted octanol–water partition coefficient (Wildman–Crippen LogP) is 0.979. The zero-order valence-electron chi connectivity index (χ0n) is 11.2. The lowest BCUT2D eigenvalue weighted by atomic mass is 9.97. The van der Waals surface area contributed by atoms with Crippen molar-refractivity contribution in [2.75, 3.05) is 6.54 Å². The maximum absolute atomic E-state index is 3.54. The molecule has 1 aliphatic rings. The van der Waals surface area contributed by atoms with Crippen LogP contribution in [-0.4, -0.2) is 6.54 Å². The zero-order valence-corrected chi connectivity index (χ0v) is 12.0. The largest absolute Gasteiger partial charge is 1.00 e. The van der Waals surface area contributed by atoms with Gasteiger partial charge in [0, 0.05) is 6.54 Å². The normalized spacial score (nSPS) is 14.8. The first-order chi connectivity index (χ1) is 8.34. The van der Waals surface area contributed by atoms with Crippen LogP contribution in [0.15, 0.2) is 35.9 Å². The quantitative estimate of drug-likeness (QED) is 0.618. The fourth-order valence-corrected chi connectivity index (χ4v) is 2.44. The smallest absolute Gasteiger partial charge is 0.0205 e. The van der Waals surface area contributed by atoms with Crippen molar-refractivity contribution < 1.29 is 12.4 Å². The summed E-state index contributed by atoms with van der Waals surface area (Å²) >= 11 is 0. The standard InChI is InChI=1S/C16H23N.ClH/c1-14-6-5-9-16(12-14)13-17-11-10-15-7-3-2-4-8-15;/h5-7,9,12,17H,2-4,8,10-11,13H2,1H3;1H/p-1. The number of hydrogen-bond donors (Lipinski definition) is 1. The van der Waals surface area contributed by atoms with E-state index in [1.54, 1.807) is 5.57 Å². The van der Waals surface area contributed by atoms with Gasteiger partial charge >= 0.3 is 0 Å². The van der Waals surface area contributed by atoms with Crippen LogP contribution in [0.1, 0.15) is 43.2 Å². The first-order valence-electron chi connectivity index (χ1n) is 6.79. The van der Waals surface area contributed by atoms with E-state index in [1.807, 2.05) is 0 Å². The molecule has 0 saturated heterocycles. The highest BCUT2D eigenvalue weighted by Crippen LogP contribution is 2.19. The summed E-state index contributed by atoms with van der Waals surface area (Å²) in [6, 6.07) is 8.74. The number of aryl methyl sites for hydroxylation is 1. The fourth-order valence-electron chi connectivity index (χ4n) is 2.44. The predicted molar refractivity (Wildman–Crippen MR) is 74.1 cm³/mol. The van der Waals surface area contributed by atoms with Gasteiger partial charge in [0.25, 0.3) is 0 Å².